The molecule has 1 aliphatic rings. The van der Waals surface area contributed by atoms with Crippen LogP contribution in [-0.2, 0) is 0 Å². The van der Waals surface area contributed by atoms with Gasteiger partial charge in [-0.3, -0.25) is 0 Å². The van der Waals surface area contributed by atoms with E-state index in [9.17, 15) is 0 Å². The third kappa shape index (κ3) is 2.46. The minimum atomic E-state index is 0.541. The number of aromatic nitrogens is 2. The second-order valence-electron chi connectivity index (χ2n) is 4.79. The summed E-state index contributed by atoms with van der Waals surface area (Å²) in [5.74, 6) is 2.44. The number of hydrogen-bond donors (Lipinski definition) is 1. The first kappa shape index (κ1) is 11.6. The van der Waals surface area contributed by atoms with Crippen LogP contribution in [0.4, 0.5) is 5.82 Å². The van der Waals surface area contributed by atoms with Gasteiger partial charge in [0.2, 0.25) is 0 Å². The van der Waals surface area contributed by atoms with Crippen molar-refractivity contribution < 1.29 is 0 Å². The molecule has 16 heavy (non-hydrogen) atoms. The van der Waals surface area contributed by atoms with E-state index in [0.717, 1.165) is 23.1 Å². The van der Waals surface area contributed by atoms with Gasteiger partial charge >= 0.3 is 0 Å². The van der Waals surface area contributed by atoms with E-state index in [1.807, 2.05) is 13.8 Å². The highest BCUT2D eigenvalue weighted by molar-refractivity contribution is 6.30. The van der Waals surface area contributed by atoms with E-state index in [-0.39, 0.29) is 0 Å². The topological polar surface area (TPSA) is 37.8 Å². The summed E-state index contributed by atoms with van der Waals surface area (Å²) in [6.07, 6.45) is 3.75. The van der Waals surface area contributed by atoms with Crippen molar-refractivity contribution in [2.75, 3.05) is 5.32 Å². The second-order valence-corrected chi connectivity index (χ2v) is 5.15. The molecule has 1 fully saturated rings. The van der Waals surface area contributed by atoms with Gasteiger partial charge in [-0.05, 0) is 39.0 Å². The van der Waals surface area contributed by atoms with E-state index in [1.54, 1.807) is 0 Å². The third-order valence-electron chi connectivity index (χ3n) is 3.23. The number of rotatable bonds is 2. The normalized spacial score (nSPS) is 24.8. The molecule has 0 aliphatic heterocycles. The zero-order chi connectivity index (χ0) is 11.7. The number of nitrogens with zero attached hydrogens (tertiary/aromatic N) is 2. The average molecular weight is 240 g/mol. The largest absolute Gasteiger partial charge is 0.367 e. The van der Waals surface area contributed by atoms with Crippen LogP contribution in [-0.4, -0.2) is 16.0 Å². The Morgan fingerprint density at radius 1 is 1.25 bits per heavy atom. The Bertz CT molecular complexity index is 392. The SMILES string of the molecule is Cc1nc(Cl)c(C)c(NC2CCC(C)C2)n1. The fraction of sp³-hybridized carbons (Fsp3) is 0.667. The molecule has 0 bridgehead atoms. The lowest BCUT2D eigenvalue weighted by molar-refractivity contribution is 0.602. The molecular formula is C12H18ClN3. The van der Waals surface area contributed by atoms with Gasteiger partial charge in [0.1, 0.15) is 16.8 Å². The van der Waals surface area contributed by atoms with Crippen molar-refractivity contribution in [1.29, 1.82) is 0 Å². The van der Waals surface area contributed by atoms with Gasteiger partial charge in [-0.25, -0.2) is 9.97 Å². The molecule has 88 valence electrons. The first-order chi connectivity index (χ1) is 7.56. The van der Waals surface area contributed by atoms with Gasteiger partial charge in [-0.15, -0.1) is 0 Å². The molecule has 1 heterocycles. The number of anilines is 1. The predicted molar refractivity (Wildman–Crippen MR) is 66.9 cm³/mol. The van der Waals surface area contributed by atoms with Gasteiger partial charge < -0.3 is 5.32 Å². The van der Waals surface area contributed by atoms with Gasteiger partial charge in [-0.1, -0.05) is 18.5 Å². The molecule has 1 saturated carbocycles. The average Bonchev–Trinajstić information content (AvgIpc) is 2.60. The highest BCUT2D eigenvalue weighted by Gasteiger charge is 2.22. The molecule has 0 saturated heterocycles. The van der Waals surface area contributed by atoms with E-state index < -0.39 is 0 Å². The Hall–Kier alpha value is -0.830. The maximum atomic E-state index is 6.04. The van der Waals surface area contributed by atoms with Crippen LogP contribution in [0.2, 0.25) is 5.15 Å². The van der Waals surface area contributed by atoms with Gasteiger partial charge in [0.15, 0.2) is 0 Å². The molecule has 4 heteroatoms. The molecule has 1 N–H and O–H groups in total. The summed E-state index contributed by atoms with van der Waals surface area (Å²) in [6, 6.07) is 0.541. The van der Waals surface area contributed by atoms with Gasteiger partial charge in [0.05, 0.1) is 0 Å². The van der Waals surface area contributed by atoms with Crippen molar-refractivity contribution in [2.45, 2.75) is 46.1 Å². The maximum Gasteiger partial charge on any atom is 0.137 e. The highest BCUT2D eigenvalue weighted by Crippen LogP contribution is 2.29. The van der Waals surface area contributed by atoms with E-state index >= 15 is 0 Å². The lowest BCUT2D eigenvalue weighted by Crippen LogP contribution is -2.17. The van der Waals surface area contributed by atoms with Gasteiger partial charge in [0, 0.05) is 11.6 Å². The fourth-order valence-corrected chi connectivity index (χ4v) is 2.48. The minimum absolute atomic E-state index is 0.541. The quantitative estimate of drug-likeness (QED) is 0.805. The standard InChI is InChI=1S/C12H18ClN3/c1-7-4-5-10(6-7)16-12-8(2)11(13)14-9(3)15-12/h7,10H,4-6H2,1-3H3,(H,14,15,16). The minimum Gasteiger partial charge on any atom is -0.367 e. The molecular weight excluding hydrogens is 222 g/mol. The molecule has 0 aromatic carbocycles. The first-order valence-corrected chi connectivity index (χ1v) is 6.21. The molecule has 1 aliphatic carbocycles. The first-order valence-electron chi connectivity index (χ1n) is 5.83. The Balaban J connectivity index is 2.15. The van der Waals surface area contributed by atoms with Crippen LogP contribution in [0.5, 0.6) is 0 Å². The van der Waals surface area contributed by atoms with Crippen LogP contribution in [0.3, 0.4) is 0 Å². The molecule has 2 unspecified atom stereocenters. The monoisotopic (exact) mass is 239 g/mol. The van der Waals surface area contributed by atoms with Crippen LogP contribution < -0.4 is 5.32 Å². The summed E-state index contributed by atoms with van der Waals surface area (Å²) in [7, 11) is 0. The van der Waals surface area contributed by atoms with Gasteiger partial charge in [-0.2, -0.15) is 0 Å². The summed E-state index contributed by atoms with van der Waals surface area (Å²) < 4.78 is 0. The lowest BCUT2D eigenvalue weighted by atomic mass is 10.1. The van der Waals surface area contributed by atoms with E-state index in [1.165, 1.54) is 19.3 Å². The van der Waals surface area contributed by atoms with Crippen molar-refractivity contribution in [2.24, 2.45) is 5.92 Å². The smallest absolute Gasteiger partial charge is 0.137 e. The highest BCUT2D eigenvalue weighted by atomic mass is 35.5. The summed E-state index contributed by atoms with van der Waals surface area (Å²) in [5.41, 5.74) is 0.951. The van der Waals surface area contributed by atoms with Crippen molar-refractivity contribution in [3.63, 3.8) is 0 Å². The number of halogens is 1. The molecule has 0 spiro atoms. The van der Waals surface area contributed by atoms with Crippen molar-refractivity contribution in [3.05, 3.63) is 16.5 Å². The summed E-state index contributed by atoms with van der Waals surface area (Å²) in [5, 5.41) is 4.04. The molecule has 2 rings (SSSR count). The Kier molecular flexibility index (Phi) is 3.33. The second kappa shape index (κ2) is 4.58. The number of hydrogen-bond acceptors (Lipinski definition) is 3. The molecule has 0 radical (unpaired) electrons. The Labute approximate surface area is 102 Å². The molecule has 3 nitrogen and oxygen atoms in total. The van der Waals surface area contributed by atoms with Gasteiger partial charge in [0.25, 0.3) is 0 Å². The fourth-order valence-electron chi connectivity index (χ4n) is 2.27. The maximum absolute atomic E-state index is 6.04. The number of aryl methyl sites for hydroxylation is 1. The van der Waals surface area contributed by atoms with E-state index in [2.05, 4.69) is 22.2 Å². The van der Waals surface area contributed by atoms with Crippen LogP contribution in [0.25, 0.3) is 0 Å². The third-order valence-corrected chi connectivity index (χ3v) is 3.60. The molecule has 1 aromatic rings. The summed E-state index contributed by atoms with van der Waals surface area (Å²) in [4.78, 5) is 8.55. The predicted octanol–water partition coefficient (Wildman–Crippen LogP) is 3.35. The molecule has 1 aromatic heterocycles. The molecule has 2 atom stereocenters. The van der Waals surface area contributed by atoms with Crippen molar-refractivity contribution in [3.8, 4) is 0 Å². The summed E-state index contributed by atoms with van der Waals surface area (Å²) in [6.45, 7) is 6.13. The van der Waals surface area contributed by atoms with Crippen molar-refractivity contribution in [1.82, 2.24) is 9.97 Å². The zero-order valence-electron chi connectivity index (χ0n) is 10.0. The Morgan fingerprint density at radius 2 is 2.00 bits per heavy atom. The van der Waals surface area contributed by atoms with E-state index in [4.69, 9.17) is 11.6 Å². The number of nitrogens with one attached hydrogen (secondary N) is 1. The lowest BCUT2D eigenvalue weighted by Gasteiger charge is -2.15. The zero-order valence-corrected chi connectivity index (χ0v) is 10.8. The van der Waals surface area contributed by atoms with Crippen LogP contribution >= 0.6 is 11.6 Å². The van der Waals surface area contributed by atoms with E-state index in [0.29, 0.717) is 11.2 Å². The Morgan fingerprint density at radius 3 is 2.62 bits per heavy atom. The van der Waals surface area contributed by atoms with Crippen LogP contribution in [0.15, 0.2) is 0 Å². The van der Waals surface area contributed by atoms with Crippen LogP contribution in [0.1, 0.15) is 37.6 Å². The summed E-state index contributed by atoms with van der Waals surface area (Å²) >= 11 is 6.04. The van der Waals surface area contributed by atoms with Crippen LogP contribution in [0, 0.1) is 19.8 Å². The molecule has 0 amide bonds. The van der Waals surface area contributed by atoms with Crippen molar-refractivity contribution >= 4 is 17.4 Å².